The van der Waals surface area contributed by atoms with E-state index in [2.05, 4.69) is 6.92 Å². The highest BCUT2D eigenvalue weighted by molar-refractivity contribution is 7.84. The predicted octanol–water partition coefficient (Wildman–Crippen LogP) is 7.81. The van der Waals surface area contributed by atoms with Gasteiger partial charge < -0.3 is 19.4 Å². The molecule has 42 heavy (non-hydrogen) atoms. The largest absolute Gasteiger partial charge is 0.508 e. The Hall–Kier alpha value is -3.08. The maximum Gasteiger partial charge on any atom is 0.453 e. The van der Waals surface area contributed by atoms with Gasteiger partial charge in [-0.1, -0.05) is 25.1 Å². The fourth-order valence-corrected chi connectivity index (χ4v) is 6.64. The van der Waals surface area contributed by atoms with Gasteiger partial charge in [0.05, 0.1) is 6.61 Å². The number of furan rings is 1. The number of aromatic hydroxyl groups is 2. The van der Waals surface area contributed by atoms with Crippen LogP contribution in [0.3, 0.4) is 0 Å². The summed E-state index contributed by atoms with van der Waals surface area (Å²) in [5.41, 5.74) is 1.61. The first-order chi connectivity index (χ1) is 19.8. The summed E-state index contributed by atoms with van der Waals surface area (Å²) in [6.07, 6.45) is -4.24. The SMILES string of the molecule is CC1(c2ccc(O)cc2)COc2cc(O)ccc2C1CCc1ccc(CCCCS(=O)CCCC(F)(F)C(F)(F)F)o1. The average molecular weight is 615 g/mol. The van der Waals surface area contributed by atoms with Gasteiger partial charge in [-0.3, -0.25) is 4.21 Å². The van der Waals surface area contributed by atoms with E-state index in [1.54, 1.807) is 24.3 Å². The van der Waals surface area contributed by atoms with Crippen LogP contribution in [0.25, 0.3) is 0 Å². The number of benzene rings is 2. The van der Waals surface area contributed by atoms with Crippen molar-refractivity contribution in [2.24, 2.45) is 0 Å². The van der Waals surface area contributed by atoms with E-state index in [-0.39, 0.29) is 28.9 Å². The summed E-state index contributed by atoms with van der Waals surface area (Å²) in [5.74, 6) is -2.15. The highest BCUT2D eigenvalue weighted by atomic mass is 32.2. The molecule has 0 radical (unpaired) electrons. The van der Waals surface area contributed by atoms with E-state index in [0.717, 1.165) is 29.1 Å². The maximum absolute atomic E-state index is 13.0. The number of aryl methyl sites for hydroxylation is 2. The normalized spacial score (nSPS) is 19.7. The van der Waals surface area contributed by atoms with Crippen molar-refractivity contribution in [1.82, 2.24) is 0 Å². The van der Waals surface area contributed by atoms with Gasteiger partial charge in [-0.05, 0) is 67.1 Å². The van der Waals surface area contributed by atoms with E-state index in [9.17, 15) is 36.4 Å². The molecule has 3 unspecified atom stereocenters. The van der Waals surface area contributed by atoms with E-state index >= 15 is 0 Å². The monoisotopic (exact) mass is 614 g/mol. The number of rotatable bonds is 13. The van der Waals surface area contributed by atoms with Crippen LogP contribution in [-0.2, 0) is 29.1 Å². The first kappa shape index (κ1) is 31.8. The minimum Gasteiger partial charge on any atom is -0.508 e. The molecule has 1 aliphatic heterocycles. The van der Waals surface area contributed by atoms with E-state index in [0.29, 0.717) is 38.0 Å². The van der Waals surface area contributed by atoms with Gasteiger partial charge in [0.25, 0.3) is 0 Å². The van der Waals surface area contributed by atoms with Crippen LogP contribution in [0.5, 0.6) is 17.2 Å². The summed E-state index contributed by atoms with van der Waals surface area (Å²) in [6, 6.07) is 16.1. The van der Waals surface area contributed by atoms with Crippen LogP contribution in [0.15, 0.2) is 59.0 Å². The first-order valence-electron chi connectivity index (χ1n) is 13.9. The second-order valence-electron chi connectivity index (χ2n) is 11.0. The summed E-state index contributed by atoms with van der Waals surface area (Å²) in [6.45, 7) is 2.52. The second-order valence-corrected chi connectivity index (χ2v) is 12.7. The Morgan fingerprint density at radius 3 is 2.21 bits per heavy atom. The number of hydrogen-bond donors (Lipinski definition) is 2. The zero-order valence-corrected chi connectivity index (χ0v) is 24.1. The highest BCUT2D eigenvalue weighted by Gasteiger charge is 2.56. The Labute approximate surface area is 244 Å². The van der Waals surface area contributed by atoms with Crippen LogP contribution >= 0.6 is 0 Å². The number of fused-ring (bicyclic) bond motifs is 1. The smallest absolute Gasteiger partial charge is 0.453 e. The lowest BCUT2D eigenvalue weighted by atomic mass is 9.66. The molecule has 2 heterocycles. The van der Waals surface area contributed by atoms with Gasteiger partial charge in [0.1, 0.15) is 28.8 Å². The van der Waals surface area contributed by atoms with E-state index in [4.69, 9.17) is 9.15 Å². The standard InChI is InChI=1S/C31H35F5O5S/c1-29(21-6-8-22(37)9-7-21)20-40-28-19-23(38)10-14-26(28)27(29)15-13-25-12-11-24(41-25)5-2-3-17-42(39)18-4-16-30(32,33)31(34,35)36/h6-12,14,19,27,37-38H,2-5,13,15-18,20H2,1H3. The Morgan fingerprint density at radius 1 is 0.881 bits per heavy atom. The first-order valence-corrected chi connectivity index (χ1v) is 15.4. The van der Waals surface area contributed by atoms with Crippen LogP contribution in [0, 0.1) is 0 Å². The van der Waals surface area contributed by atoms with Gasteiger partial charge in [-0.25, -0.2) is 0 Å². The number of phenolic OH excluding ortho intramolecular Hbond substituents is 2. The zero-order valence-electron chi connectivity index (χ0n) is 23.3. The molecule has 3 atom stereocenters. The van der Waals surface area contributed by atoms with Crippen molar-refractivity contribution in [1.29, 1.82) is 0 Å². The third-order valence-electron chi connectivity index (χ3n) is 7.92. The fraction of sp³-hybridized carbons (Fsp3) is 0.484. The van der Waals surface area contributed by atoms with Crippen LogP contribution in [0.1, 0.15) is 67.6 Å². The lowest BCUT2D eigenvalue weighted by molar-refractivity contribution is -0.284. The number of alkyl halides is 5. The van der Waals surface area contributed by atoms with Gasteiger partial charge in [-0.2, -0.15) is 22.0 Å². The van der Waals surface area contributed by atoms with Crippen molar-refractivity contribution in [2.45, 2.75) is 75.3 Å². The van der Waals surface area contributed by atoms with Crippen molar-refractivity contribution in [3.8, 4) is 17.2 Å². The fourth-order valence-electron chi connectivity index (χ4n) is 5.45. The molecule has 230 valence electrons. The van der Waals surface area contributed by atoms with E-state index in [1.165, 1.54) is 0 Å². The van der Waals surface area contributed by atoms with Crippen LogP contribution in [0.2, 0.25) is 0 Å². The quantitative estimate of drug-likeness (QED) is 0.152. The lowest BCUT2D eigenvalue weighted by Gasteiger charge is -2.43. The van der Waals surface area contributed by atoms with E-state index < -0.39 is 41.2 Å². The third-order valence-corrected chi connectivity index (χ3v) is 9.40. The topological polar surface area (TPSA) is 79.9 Å². The number of hydrogen-bond acceptors (Lipinski definition) is 5. The van der Waals surface area contributed by atoms with Crippen molar-refractivity contribution < 1.29 is 45.5 Å². The minimum absolute atomic E-state index is 0.0333. The average Bonchev–Trinajstić information content (AvgIpc) is 3.38. The number of ether oxygens (including phenoxy) is 1. The molecule has 11 heteroatoms. The van der Waals surface area contributed by atoms with Crippen molar-refractivity contribution in [3.63, 3.8) is 0 Å². The molecule has 4 rings (SSSR count). The molecule has 1 aliphatic rings. The molecular weight excluding hydrogens is 579 g/mol. The maximum atomic E-state index is 13.0. The Kier molecular flexibility index (Phi) is 9.90. The van der Waals surface area contributed by atoms with Crippen LogP contribution < -0.4 is 4.74 Å². The Morgan fingerprint density at radius 2 is 1.52 bits per heavy atom. The summed E-state index contributed by atoms with van der Waals surface area (Å²) >= 11 is 0. The molecule has 2 aromatic carbocycles. The van der Waals surface area contributed by atoms with Gasteiger partial charge in [0, 0.05) is 59.0 Å². The van der Waals surface area contributed by atoms with Gasteiger partial charge in [-0.15, -0.1) is 0 Å². The molecule has 0 spiro atoms. The minimum atomic E-state index is -5.58. The van der Waals surface area contributed by atoms with E-state index in [1.807, 2.05) is 30.3 Å². The Bertz CT molecular complexity index is 1350. The zero-order chi connectivity index (χ0) is 30.5. The molecule has 0 fully saturated rings. The highest BCUT2D eigenvalue weighted by Crippen LogP contribution is 2.49. The van der Waals surface area contributed by atoms with Gasteiger partial charge in [0.15, 0.2) is 0 Å². The molecule has 0 saturated carbocycles. The molecule has 0 aliphatic carbocycles. The van der Waals surface area contributed by atoms with Crippen LogP contribution in [0.4, 0.5) is 22.0 Å². The Balaban J connectivity index is 1.30. The molecule has 2 N–H and O–H groups in total. The second kappa shape index (κ2) is 13.1. The molecule has 5 nitrogen and oxygen atoms in total. The summed E-state index contributed by atoms with van der Waals surface area (Å²) in [5, 5.41) is 19.8. The molecule has 0 saturated heterocycles. The van der Waals surface area contributed by atoms with Crippen LogP contribution in [-0.4, -0.2) is 44.6 Å². The molecule has 0 amide bonds. The van der Waals surface area contributed by atoms with Gasteiger partial charge in [0.2, 0.25) is 0 Å². The molecule has 1 aromatic heterocycles. The van der Waals surface area contributed by atoms with Crippen molar-refractivity contribution in [2.75, 3.05) is 18.1 Å². The molecule has 0 bridgehead atoms. The molecular formula is C31H35F5O5S. The number of halogens is 5. The predicted molar refractivity (Wildman–Crippen MR) is 150 cm³/mol. The molecule has 3 aromatic rings. The van der Waals surface area contributed by atoms with Crippen molar-refractivity contribution in [3.05, 3.63) is 77.2 Å². The third kappa shape index (κ3) is 7.65. The lowest BCUT2D eigenvalue weighted by Crippen LogP contribution is -2.40. The summed E-state index contributed by atoms with van der Waals surface area (Å²) < 4.78 is 86.9. The van der Waals surface area contributed by atoms with Gasteiger partial charge >= 0.3 is 12.1 Å². The summed E-state index contributed by atoms with van der Waals surface area (Å²) in [4.78, 5) is 0. The number of phenols is 2. The summed E-state index contributed by atoms with van der Waals surface area (Å²) in [7, 11) is -1.46. The number of unbranched alkanes of at least 4 members (excludes halogenated alkanes) is 1. The van der Waals surface area contributed by atoms with Crippen molar-refractivity contribution >= 4 is 10.8 Å².